The minimum atomic E-state index is -0.305. The second-order valence-electron chi connectivity index (χ2n) is 9.06. The van der Waals surface area contributed by atoms with Crippen LogP contribution in [0.4, 0.5) is 17.1 Å². The van der Waals surface area contributed by atoms with Gasteiger partial charge >= 0.3 is 0 Å². The van der Waals surface area contributed by atoms with Gasteiger partial charge in [-0.25, -0.2) is 0 Å². The molecule has 2 fully saturated rings. The van der Waals surface area contributed by atoms with E-state index in [1.165, 1.54) is 0 Å². The number of amides is 1. The van der Waals surface area contributed by atoms with E-state index >= 15 is 0 Å². The van der Waals surface area contributed by atoms with Crippen LogP contribution in [0.2, 0.25) is 0 Å². The summed E-state index contributed by atoms with van der Waals surface area (Å²) in [5, 5.41) is 20.0. The lowest BCUT2D eigenvalue weighted by atomic mass is 10.0. The Kier molecular flexibility index (Phi) is 7.16. The number of aromatic nitrogens is 1. The van der Waals surface area contributed by atoms with Crippen LogP contribution in [0.3, 0.4) is 0 Å². The molecule has 9 heteroatoms. The van der Waals surface area contributed by atoms with Gasteiger partial charge < -0.3 is 29.5 Å². The monoisotopic (exact) mass is 487 g/mol. The van der Waals surface area contributed by atoms with E-state index in [9.17, 15) is 10.1 Å². The number of rotatable bonds is 7. The molecule has 2 aliphatic heterocycles. The molecule has 2 aromatic carbocycles. The number of nitriles is 1. The molecule has 0 saturated carbocycles. The average molecular weight is 488 g/mol. The predicted octanol–water partition coefficient (Wildman–Crippen LogP) is 4.01. The van der Waals surface area contributed by atoms with Gasteiger partial charge in [-0.1, -0.05) is 11.2 Å². The Labute approximate surface area is 210 Å². The van der Waals surface area contributed by atoms with Crippen molar-refractivity contribution in [2.24, 2.45) is 0 Å². The van der Waals surface area contributed by atoms with Crippen LogP contribution in [0.5, 0.6) is 0 Å². The first-order valence-corrected chi connectivity index (χ1v) is 12.2. The van der Waals surface area contributed by atoms with Gasteiger partial charge in [0.05, 0.1) is 31.0 Å². The zero-order valence-corrected chi connectivity index (χ0v) is 20.3. The maximum Gasteiger partial charge on any atom is 0.290 e. The second-order valence-corrected chi connectivity index (χ2v) is 9.06. The molecule has 1 aromatic heterocycles. The number of anilines is 3. The Morgan fingerprint density at radius 1 is 1.14 bits per heavy atom. The summed E-state index contributed by atoms with van der Waals surface area (Å²) in [5.74, 6) is -0.141. The number of morpholine rings is 1. The topological polar surface area (TPSA) is 113 Å². The fraction of sp³-hybridized carbons (Fsp3) is 0.370. The van der Waals surface area contributed by atoms with E-state index in [-0.39, 0.29) is 17.8 Å². The van der Waals surface area contributed by atoms with E-state index < -0.39 is 0 Å². The SMILES string of the molecule is Cc1ccc(Nc2cc(C#N)cc(N3CCOCC3)c2)cc1-c1cc(C(=O)NCC2CCCO2)on1. The Hall–Kier alpha value is -3.87. The maximum absolute atomic E-state index is 12.5. The lowest BCUT2D eigenvalue weighted by Crippen LogP contribution is -2.36. The Morgan fingerprint density at radius 2 is 2.00 bits per heavy atom. The van der Waals surface area contributed by atoms with Gasteiger partial charge in [-0.2, -0.15) is 5.26 Å². The first-order chi connectivity index (χ1) is 17.6. The van der Waals surface area contributed by atoms with E-state index in [0.717, 1.165) is 60.7 Å². The highest BCUT2D eigenvalue weighted by molar-refractivity contribution is 5.92. The van der Waals surface area contributed by atoms with E-state index in [2.05, 4.69) is 26.8 Å². The molecule has 3 heterocycles. The van der Waals surface area contributed by atoms with Crippen molar-refractivity contribution in [2.75, 3.05) is 49.7 Å². The number of aryl methyl sites for hydroxylation is 1. The highest BCUT2D eigenvalue weighted by Gasteiger charge is 2.20. The van der Waals surface area contributed by atoms with E-state index in [1.807, 2.05) is 43.3 Å². The zero-order chi connectivity index (χ0) is 24.9. The normalized spacial score (nSPS) is 17.6. The summed E-state index contributed by atoms with van der Waals surface area (Å²) in [4.78, 5) is 14.7. The Bertz CT molecular complexity index is 1270. The minimum Gasteiger partial charge on any atom is -0.378 e. The van der Waals surface area contributed by atoms with E-state index in [4.69, 9.17) is 14.0 Å². The van der Waals surface area contributed by atoms with Crippen LogP contribution in [-0.4, -0.2) is 56.6 Å². The third-order valence-corrected chi connectivity index (χ3v) is 6.47. The van der Waals surface area contributed by atoms with Gasteiger partial charge in [-0.05, 0) is 55.7 Å². The number of nitrogens with zero attached hydrogens (tertiary/aromatic N) is 3. The summed E-state index contributed by atoms with van der Waals surface area (Å²) < 4.78 is 16.4. The van der Waals surface area contributed by atoms with Crippen molar-refractivity contribution in [1.82, 2.24) is 10.5 Å². The first kappa shape index (κ1) is 23.9. The summed E-state index contributed by atoms with van der Waals surface area (Å²) in [7, 11) is 0. The third-order valence-electron chi connectivity index (χ3n) is 6.47. The molecule has 2 N–H and O–H groups in total. The summed E-state index contributed by atoms with van der Waals surface area (Å²) in [6.07, 6.45) is 2.03. The quantitative estimate of drug-likeness (QED) is 0.514. The van der Waals surface area contributed by atoms with Crippen LogP contribution in [0, 0.1) is 18.3 Å². The molecule has 1 amide bonds. The third kappa shape index (κ3) is 5.51. The van der Waals surface area contributed by atoms with Crippen LogP contribution >= 0.6 is 0 Å². The number of ether oxygens (including phenoxy) is 2. The molecule has 5 rings (SSSR count). The van der Waals surface area contributed by atoms with Crippen molar-refractivity contribution < 1.29 is 18.8 Å². The molecule has 3 aromatic rings. The Balaban J connectivity index is 1.32. The molecular formula is C27H29N5O4. The highest BCUT2D eigenvalue weighted by Crippen LogP contribution is 2.30. The van der Waals surface area contributed by atoms with Gasteiger partial charge in [0.2, 0.25) is 5.76 Å². The van der Waals surface area contributed by atoms with Gasteiger partial charge in [0, 0.05) is 54.9 Å². The Morgan fingerprint density at radius 3 is 2.78 bits per heavy atom. The van der Waals surface area contributed by atoms with Crippen molar-refractivity contribution in [3.8, 4) is 17.3 Å². The average Bonchev–Trinajstić information content (AvgIpc) is 3.61. The summed E-state index contributed by atoms with van der Waals surface area (Å²) in [6.45, 7) is 6.11. The van der Waals surface area contributed by atoms with E-state index in [0.29, 0.717) is 31.0 Å². The summed E-state index contributed by atoms with van der Waals surface area (Å²) in [5.41, 5.74) is 5.67. The lowest BCUT2D eigenvalue weighted by Gasteiger charge is -2.29. The molecule has 2 aliphatic rings. The highest BCUT2D eigenvalue weighted by atomic mass is 16.5. The van der Waals surface area contributed by atoms with Gasteiger partial charge in [0.25, 0.3) is 5.91 Å². The summed E-state index contributed by atoms with van der Waals surface area (Å²) in [6, 6.07) is 15.6. The van der Waals surface area contributed by atoms with Gasteiger partial charge in [-0.3, -0.25) is 4.79 Å². The number of carbonyl (C=O) groups excluding carboxylic acids is 1. The number of benzene rings is 2. The van der Waals surface area contributed by atoms with Crippen molar-refractivity contribution >= 4 is 23.0 Å². The van der Waals surface area contributed by atoms with Crippen molar-refractivity contribution in [3.63, 3.8) is 0 Å². The summed E-state index contributed by atoms with van der Waals surface area (Å²) >= 11 is 0. The van der Waals surface area contributed by atoms with Crippen LogP contribution in [-0.2, 0) is 9.47 Å². The van der Waals surface area contributed by atoms with Gasteiger partial charge in [-0.15, -0.1) is 0 Å². The van der Waals surface area contributed by atoms with Crippen LogP contribution in [0.25, 0.3) is 11.3 Å². The second kappa shape index (κ2) is 10.8. The number of hydrogen-bond acceptors (Lipinski definition) is 8. The predicted molar refractivity (Wildman–Crippen MR) is 135 cm³/mol. The molecule has 9 nitrogen and oxygen atoms in total. The van der Waals surface area contributed by atoms with Gasteiger partial charge in [0.1, 0.15) is 5.69 Å². The molecule has 186 valence electrons. The lowest BCUT2D eigenvalue weighted by molar-refractivity contribution is 0.0828. The van der Waals surface area contributed by atoms with Crippen molar-refractivity contribution in [3.05, 3.63) is 59.4 Å². The molecule has 1 unspecified atom stereocenters. The molecule has 2 saturated heterocycles. The number of hydrogen-bond donors (Lipinski definition) is 2. The largest absolute Gasteiger partial charge is 0.378 e. The fourth-order valence-corrected chi connectivity index (χ4v) is 4.50. The van der Waals surface area contributed by atoms with Crippen LogP contribution in [0.15, 0.2) is 47.0 Å². The van der Waals surface area contributed by atoms with Crippen LogP contribution in [0.1, 0.15) is 34.5 Å². The molecule has 0 spiro atoms. The van der Waals surface area contributed by atoms with Crippen molar-refractivity contribution in [2.45, 2.75) is 25.9 Å². The number of carbonyl (C=O) groups is 1. The van der Waals surface area contributed by atoms with Crippen molar-refractivity contribution in [1.29, 1.82) is 5.26 Å². The molecule has 36 heavy (non-hydrogen) atoms. The molecule has 0 aliphatic carbocycles. The van der Waals surface area contributed by atoms with E-state index in [1.54, 1.807) is 6.07 Å². The fourth-order valence-electron chi connectivity index (χ4n) is 4.50. The van der Waals surface area contributed by atoms with Crippen LogP contribution < -0.4 is 15.5 Å². The molecular weight excluding hydrogens is 458 g/mol. The standard InChI is InChI=1S/C27H29N5O4/c1-18-4-5-20(30-21-11-19(16-28)12-22(13-21)32-6-9-34-10-7-32)14-24(18)25-15-26(36-31-25)27(33)29-17-23-3-2-8-35-23/h4-5,11-15,23,30H,2-3,6-10,17H2,1H3,(H,29,33). The smallest absolute Gasteiger partial charge is 0.290 e. The maximum atomic E-state index is 12.5. The number of nitrogens with one attached hydrogen (secondary N) is 2. The molecule has 1 atom stereocenters. The zero-order valence-electron chi connectivity index (χ0n) is 20.3. The van der Waals surface area contributed by atoms with Gasteiger partial charge in [0.15, 0.2) is 0 Å². The molecule has 0 radical (unpaired) electrons. The first-order valence-electron chi connectivity index (χ1n) is 12.2. The molecule has 0 bridgehead atoms. The minimum absolute atomic E-state index is 0.0599.